The molecule has 0 saturated carbocycles. The number of benzene rings is 5. The van der Waals surface area contributed by atoms with E-state index in [-0.39, 0.29) is 29.7 Å². The van der Waals surface area contributed by atoms with Crippen LogP contribution < -0.4 is 5.32 Å². The average molecular weight is 490 g/mol. The van der Waals surface area contributed by atoms with Gasteiger partial charge in [-0.3, -0.25) is 29.0 Å². The molecule has 0 fully saturated rings. The summed E-state index contributed by atoms with van der Waals surface area (Å²) in [5.41, 5.74) is 2.01. The zero-order valence-corrected chi connectivity index (χ0v) is 20.8. The molecule has 0 aliphatic carbocycles. The van der Waals surface area contributed by atoms with Gasteiger partial charge in [-0.05, 0) is 84.4 Å². The van der Waals surface area contributed by atoms with E-state index < -0.39 is 6.17 Å². The molecule has 5 aromatic carbocycles. The van der Waals surface area contributed by atoms with Gasteiger partial charge in [0.2, 0.25) is 0 Å². The molecule has 0 spiro atoms. The highest BCUT2D eigenvalue weighted by atomic mass is 16.2. The van der Waals surface area contributed by atoms with E-state index >= 15 is 0 Å². The summed E-state index contributed by atoms with van der Waals surface area (Å²) >= 11 is 0. The third kappa shape index (κ3) is 2.49. The quantitative estimate of drug-likeness (QED) is 0.221. The number of hydrogen-bond donors (Lipinski definition) is 1. The number of imide groups is 2. The molecule has 0 radical (unpaired) electrons. The first-order valence-corrected chi connectivity index (χ1v) is 12.4. The van der Waals surface area contributed by atoms with Crippen molar-refractivity contribution in [2.24, 2.45) is 0 Å². The normalized spacial score (nSPS) is 16.5. The fraction of sp³-hybridized carbons (Fsp3) is 0.200. The smallest absolute Gasteiger partial charge is 0.262 e. The van der Waals surface area contributed by atoms with Gasteiger partial charge in [0.05, 0.1) is 6.17 Å². The number of carbonyl (C=O) groups excluding carboxylic acids is 4. The van der Waals surface area contributed by atoms with Crippen LogP contribution in [0.15, 0.2) is 48.5 Å². The number of fused-ring (bicyclic) bond motifs is 2. The van der Waals surface area contributed by atoms with Crippen molar-refractivity contribution in [3.8, 4) is 0 Å². The molecule has 1 atom stereocenters. The molecular formula is C30H23N3O4. The Labute approximate surface area is 211 Å². The number of nitrogens with one attached hydrogen (secondary N) is 1. The Morgan fingerprint density at radius 2 is 0.838 bits per heavy atom. The monoisotopic (exact) mass is 489 g/mol. The number of nitrogens with zero attached hydrogens (tertiary/aromatic N) is 2. The van der Waals surface area contributed by atoms with Crippen LogP contribution in [0.3, 0.4) is 0 Å². The zero-order chi connectivity index (χ0) is 25.9. The standard InChI is InChI=1S/C30H23N3O4/c1-13(2)32-27(34)19-9-5-15-17-7-11-21-26-22(30(37)33(29(21)36)14(3)31-4)12-8-18(24(17)26)16-6-10-20(28(32)35)25(19)23(15)16/h5-14,31H,1-4H3. The third-order valence-corrected chi connectivity index (χ3v) is 8.02. The summed E-state index contributed by atoms with van der Waals surface area (Å²) in [5, 5.41) is 9.56. The van der Waals surface area contributed by atoms with Gasteiger partial charge in [-0.2, -0.15) is 0 Å². The molecule has 0 bridgehead atoms. The van der Waals surface area contributed by atoms with Gasteiger partial charge in [0, 0.05) is 39.1 Å². The molecule has 0 saturated heterocycles. The molecule has 2 aliphatic rings. The fourth-order valence-corrected chi connectivity index (χ4v) is 6.26. The van der Waals surface area contributed by atoms with Gasteiger partial charge < -0.3 is 5.32 Å². The van der Waals surface area contributed by atoms with Crippen LogP contribution >= 0.6 is 0 Å². The Balaban J connectivity index is 1.63. The molecule has 5 aromatic rings. The molecule has 0 aromatic heterocycles. The Hall–Kier alpha value is -4.36. The number of amides is 4. The van der Waals surface area contributed by atoms with Crippen LogP contribution in [0.2, 0.25) is 0 Å². The van der Waals surface area contributed by atoms with E-state index in [9.17, 15) is 19.2 Å². The first-order chi connectivity index (χ1) is 17.8. The fourth-order valence-electron chi connectivity index (χ4n) is 6.26. The third-order valence-electron chi connectivity index (χ3n) is 8.02. The maximum Gasteiger partial charge on any atom is 0.262 e. The molecule has 2 aliphatic heterocycles. The van der Waals surface area contributed by atoms with Crippen molar-refractivity contribution in [2.45, 2.75) is 33.0 Å². The van der Waals surface area contributed by atoms with Gasteiger partial charge in [0.25, 0.3) is 23.6 Å². The highest BCUT2D eigenvalue weighted by molar-refractivity contribution is 6.41. The summed E-state index contributed by atoms with van der Waals surface area (Å²) in [5.74, 6) is -1.24. The van der Waals surface area contributed by atoms with Crippen LogP contribution in [0, 0.1) is 0 Å². The molecule has 7 heteroatoms. The SMILES string of the molecule is CNC(C)N1C(=O)c2ccc3c4ccc5c6c(ccc(c7ccc(c2c37)C1=O)c64)C(=O)N(C(C)C)C5=O. The lowest BCUT2D eigenvalue weighted by molar-refractivity contribution is 0.0524. The van der Waals surface area contributed by atoms with Gasteiger partial charge in [0.15, 0.2) is 0 Å². The summed E-state index contributed by atoms with van der Waals surface area (Å²) in [6.45, 7) is 5.45. The van der Waals surface area contributed by atoms with Crippen LogP contribution in [0.25, 0.3) is 43.1 Å². The first-order valence-electron chi connectivity index (χ1n) is 12.4. The maximum absolute atomic E-state index is 13.5. The van der Waals surface area contributed by atoms with Crippen LogP contribution in [0.4, 0.5) is 0 Å². The lowest BCUT2D eigenvalue weighted by Crippen LogP contribution is -2.50. The van der Waals surface area contributed by atoms with E-state index in [4.69, 9.17) is 0 Å². The number of hydrogen-bond acceptors (Lipinski definition) is 5. The van der Waals surface area contributed by atoms with E-state index in [2.05, 4.69) is 5.32 Å². The predicted octanol–water partition coefficient (Wildman–Crippen LogP) is 4.90. The summed E-state index contributed by atoms with van der Waals surface area (Å²) in [4.78, 5) is 56.2. The van der Waals surface area contributed by atoms with E-state index in [0.717, 1.165) is 32.3 Å². The molecule has 182 valence electrons. The first kappa shape index (κ1) is 21.9. The van der Waals surface area contributed by atoms with E-state index in [1.54, 1.807) is 38.2 Å². The highest BCUT2D eigenvalue weighted by Crippen LogP contribution is 2.46. The van der Waals surface area contributed by atoms with Crippen molar-refractivity contribution >= 4 is 66.7 Å². The lowest BCUT2D eigenvalue weighted by atomic mass is 9.82. The van der Waals surface area contributed by atoms with Gasteiger partial charge >= 0.3 is 0 Å². The minimum Gasteiger partial charge on any atom is -0.300 e. The topological polar surface area (TPSA) is 86.8 Å². The van der Waals surface area contributed by atoms with Crippen molar-refractivity contribution in [2.75, 3.05) is 7.05 Å². The largest absolute Gasteiger partial charge is 0.300 e. The van der Waals surface area contributed by atoms with Gasteiger partial charge in [-0.1, -0.05) is 24.3 Å². The summed E-state index contributed by atoms with van der Waals surface area (Å²) in [7, 11) is 1.71. The van der Waals surface area contributed by atoms with Crippen LogP contribution in [0.5, 0.6) is 0 Å². The van der Waals surface area contributed by atoms with Gasteiger partial charge in [0.1, 0.15) is 0 Å². The van der Waals surface area contributed by atoms with Crippen LogP contribution in [-0.4, -0.2) is 52.7 Å². The molecular weight excluding hydrogens is 466 g/mol. The van der Waals surface area contributed by atoms with Crippen molar-refractivity contribution < 1.29 is 19.2 Å². The molecule has 7 nitrogen and oxygen atoms in total. The van der Waals surface area contributed by atoms with E-state index in [1.165, 1.54) is 9.80 Å². The summed E-state index contributed by atoms with van der Waals surface area (Å²) < 4.78 is 0. The minimum absolute atomic E-state index is 0.257. The number of carbonyl (C=O) groups is 4. The summed E-state index contributed by atoms with van der Waals surface area (Å²) in [6, 6.07) is 14.6. The van der Waals surface area contributed by atoms with Crippen LogP contribution in [-0.2, 0) is 0 Å². The average Bonchev–Trinajstić information content (AvgIpc) is 2.89. The zero-order valence-electron chi connectivity index (χ0n) is 20.8. The second-order valence-electron chi connectivity index (χ2n) is 10.2. The van der Waals surface area contributed by atoms with Crippen molar-refractivity contribution in [1.29, 1.82) is 0 Å². The van der Waals surface area contributed by atoms with E-state index in [0.29, 0.717) is 33.0 Å². The predicted molar refractivity (Wildman–Crippen MR) is 142 cm³/mol. The Morgan fingerprint density at radius 3 is 1.14 bits per heavy atom. The van der Waals surface area contributed by atoms with Crippen molar-refractivity contribution in [3.05, 3.63) is 70.8 Å². The minimum atomic E-state index is -0.451. The van der Waals surface area contributed by atoms with E-state index in [1.807, 2.05) is 38.1 Å². The Bertz CT molecular complexity index is 1780. The van der Waals surface area contributed by atoms with Gasteiger partial charge in [-0.15, -0.1) is 0 Å². The molecule has 37 heavy (non-hydrogen) atoms. The molecule has 1 unspecified atom stereocenters. The van der Waals surface area contributed by atoms with Crippen molar-refractivity contribution in [1.82, 2.24) is 15.1 Å². The van der Waals surface area contributed by atoms with Crippen molar-refractivity contribution in [3.63, 3.8) is 0 Å². The molecule has 1 N–H and O–H groups in total. The Kier molecular flexibility index (Phi) is 4.20. The maximum atomic E-state index is 13.5. The molecule has 4 amide bonds. The molecule has 7 rings (SSSR count). The lowest BCUT2D eigenvalue weighted by Gasteiger charge is -2.33. The number of rotatable bonds is 3. The highest BCUT2D eigenvalue weighted by Gasteiger charge is 2.38. The molecule has 2 heterocycles. The second kappa shape index (κ2) is 7.11. The Morgan fingerprint density at radius 1 is 0.514 bits per heavy atom. The summed E-state index contributed by atoms with van der Waals surface area (Å²) in [6.07, 6.45) is -0.451. The van der Waals surface area contributed by atoms with Crippen LogP contribution in [0.1, 0.15) is 62.2 Å². The van der Waals surface area contributed by atoms with Gasteiger partial charge in [-0.25, -0.2) is 0 Å². The second-order valence-corrected chi connectivity index (χ2v) is 10.2.